The fraction of sp³-hybridized carbons (Fsp3) is 0.276. The molecule has 2 aliphatic rings. The highest BCUT2D eigenvalue weighted by Crippen LogP contribution is 2.57. The van der Waals surface area contributed by atoms with Gasteiger partial charge in [-0.15, -0.1) is 11.8 Å². The Morgan fingerprint density at radius 3 is 2.60 bits per heavy atom. The van der Waals surface area contributed by atoms with Crippen molar-refractivity contribution >= 4 is 52.2 Å². The van der Waals surface area contributed by atoms with Crippen LogP contribution in [-0.4, -0.2) is 34.9 Å². The predicted octanol–water partition coefficient (Wildman–Crippen LogP) is 7.51. The number of thioether (sulfide) groups is 1. The minimum Gasteiger partial charge on any atom is -0.362 e. The highest BCUT2D eigenvalue weighted by atomic mass is 35.5. The molecule has 3 aromatic carbocycles. The highest BCUT2D eigenvalue weighted by Gasteiger charge is 2.52. The van der Waals surface area contributed by atoms with Crippen LogP contribution in [0.25, 0.3) is 11.5 Å². The zero-order valence-corrected chi connectivity index (χ0v) is 23.8. The van der Waals surface area contributed by atoms with Gasteiger partial charge in [-0.3, -0.25) is 4.79 Å². The molecule has 6 nitrogen and oxygen atoms in total. The standard InChI is InChI=1S/C29H24Cl2F2N4O2S/c1-2-40-19-4-6-24-16(11-19)7-10-37(24)15-25(38)34-18-13-21(30)26(22(31)14-18)29(8-9-29)28-35-27(39-36-28)20-5-3-17(32)12-23(20)33/h3-6,11-14H,2,7-10,15H2,1H3,(H,34,38). The Hall–Kier alpha value is -3.14. The van der Waals surface area contributed by atoms with E-state index >= 15 is 0 Å². The van der Waals surface area contributed by atoms with E-state index in [2.05, 4.69) is 45.5 Å². The van der Waals surface area contributed by atoms with Gasteiger partial charge in [0.2, 0.25) is 5.91 Å². The van der Waals surface area contributed by atoms with Gasteiger partial charge in [-0.2, -0.15) is 4.98 Å². The number of aromatic nitrogens is 2. The molecule has 4 aromatic rings. The third-order valence-corrected chi connectivity index (χ3v) is 8.73. The average molecular weight is 602 g/mol. The van der Waals surface area contributed by atoms with E-state index in [1.54, 1.807) is 23.9 Å². The predicted molar refractivity (Wildman–Crippen MR) is 154 cm³/mol. The van der Waals surface area contributed by atoms with E-state index in [1.807, 2.05) is 0 Å². The van der Waals surface area contributed by atoms with Gasteiger partial charge < -0.3 is 14.7 Å². The molecular weight excluding hydrogens is 577 g/mol. The first-order chi connectivity index (χ1) is 19.3. The first-order valence-corrected chi connectivity index (χ1v) is 14.6. The van der Waals surface area contributed by atoms with E-state index in [-0.39, 0.29) is 23.9 Å². The van der Waals surface area contributed by atoms with Crippen LogP contribution in [0, 0.1) is 11.6 Å². The lowest BCUT2D eigenvalue weighted by atomic mass is 9.94. The summed E-state index contributed by atoms with van der Waals surface area (Å²) >= 11 is 15.2. The van der Waals surface area contributed by atoms with Crippen molar-refractivity contribution in [3.8, 4) is 11.5 Å². The van der Waals surface area contributed by atoms with Crippen molar-refractivity contribution in [3.05, 3.63) is 87.2 Å². The summed E-state index contributed by atoms with van der Waals surface area (Å²) in [6.45, 7) is 3.11. The monoisotopic (exact) mass is 600 g/mol. The molecule has 1 saturated carbocycles. The molecule has 1 fully saturated rings. The van der Waals surface area contributed by atoms with Gasteiger partial charge in [-0.05, 0) is 73.0 Å². The summed E-state index contributed by atoms with van der Waals surface area (Å²) in [6, 6.07) is 12.8. The first-order valence-electron chi connectivity index (χ1n) is 12.9. The van der Waals surface area contributed by atoms with Crippen LogP contribution in [0.15, 0.2) is 57.9 Å². The molecule has 0 bridgehead atoms. The second-order valence-electron chi connectivity index (χ2n) is 9.89. The summed E-state index contributed by atoms with van der Waals surface area (Å²) in [5, 5.41) is 7.69. The average Bonchev–Trinajstić information content (AvgIpc) is 3.35. The number of amides is 1. The maximum Gasteiger partial charge on any atom is 0.260 e. The van der Waals surface area contributed by atoms with Gasteiger partial charge in [-0.1, -0.05) is 35.3 Å². The molecule has 1 amide bonds. The van der Waals surface area contributed by atoms with E-state index in [0.29, 0.717) is 40.0 Å². The molecule has 1 aliphatic heterocycles. The van der Waals surface area contributed by atoms with Crippen LogP contribution < -0.4 is 10.2 Å². The molecule has 206 valence electrons. The van der Waals surface area contributed by atoms with Crippen LogP contribution in [0.1, 0.15) is 36.7 Å². The van der Waals surface area contributed by atoms with Gasteiger partial charge in [0.25, 0.3) is 5.89 Å². The molecular formula is C29H24Cl2F2N4O2S. The topological polar surface area (TPSA) is 71.3 Å². The van der Waals surface area contributed by atoms with Crippen molar-refractivity contribution in [1.29, 1.82) is 0 Å². The minimum atomic E-state index is -0.797. The van der Waals surface area contributed by atoms with Crippen molar-refractivity contribution < 1.29 is 18.1 Å². The molecule has 40 heavy (non-hydrogen) atoms. The van der Waals surface area contributed by atoms with Gasteiger partial charge in [-0.25, -0.2) is 8.78 Å². The summed E-state index contributed by atoms with van der Waals surface area (Å²) in [5.74, 6) is -0.393. The van der Waals surface area contributed by atoms with E-state index < -0.39 is 17.0 Å². The number of carbonyl (C=O) groups is 1. The van der Waals surface area contributed by atoms with Crippen molar-refractivity contribution in [3.63, 3.8) is 0 Å². The minimum absolute atomic E-state index is 0.00659. The smallest absolute Gasteiger partial charge is 0.260 e. The number of benzene rings is 3. The van der Waals surface area contributed by atoms with Gasteiger partial charge in [0, 0.05) is 44.5 Å². The number of fused-ring (bicyclic) bond motifs is 1. The van der Waals surface area contributed by atoms with Gasteiger partial charge in [0.1, 0.15) is 11.6 Å². The van der Waals surface area contributed by atoms with E-state index in [9.17, 15) is 13.6 Å². The molecule has 0 saturated heterocycles. The molecule has 0 spiro atoms. The van der Waals surface area contributed by atoms with Crippen molar-refractivity contribution in [2.75, 3.05) is 29.1 Å². The van der Waals surface area contributed by atoms with Crippen molar-refractivity contribution in [2.45, 2.75) is 36.5 Å². The molecule has 6 rings (SSSR count). The van der Waals surface area contributed by atoms with Crippen LogP contribution in [-0.2, 0) is 16.6 Å². The highest BCUT2D eigenvalue weighted by molar-refractivity contribution is 7.99. The fourth-order valence-electron chi connectivity index (χ4n) is 5.24. The summed E-state index contributed by atoms with van der Waals surface area (Å²) in [7, 11) is 0. The quantitative estimate of drug-likeness (QED) is 0.211. The van der Waals surface area contributed by atoms with Gasteiger partial charge in [0.15, 0.2) is 5.82 Å². The number of carbonyl (C=O) groups excluding carboxylic acids is 1. The number of nitrogens with one attached hydrogen (secondary N) is 1. The lowest BCUT2D eigenvalue weighted by Gasteiger charge is -2.20. The van der Waals surface area contributed by atoms with E-state index in [1.165, 1.54) is 16.5 Å². The maximum atomic E-state index is 14.3. The number of hydrogen-bond acceptors (Lipinski definition) is 6. The zero-order chi connectivity index (χ0) is 28.0. The Morgan fingerprint density at radius 1 is 1.12 bits per heavy atom. The van der Waals surface area contributed by atoms with Gasteiger partial charge >= 0.3 is 0 Å². The summed E-state index contributed by atoms with van der Waals surface area (Å²) in [4.78, 5) is 20.6. The molecule has 0 unspecified atom stereocenters. The normalized spacial score (nSPS) is 15.3. The van der Waals surface area contributed by atoms with Crippen molar-refractivity contribution in [1.82, 2.24) is 10.1 Å². The third kappa shape index (κ3) is 5.06. The number of rotatable bonds is 8. The first kappa shape index (κ1) is 27.1. The number of halogens is 4. The molecule has 2 heterocycles. The molecule has 0 atom stereocenters. The molecule has 1 aliphatic carbocycles. The van der Waals surface area contributed by atoms with Gasteiger partial charge in [0.05, 0.1) is 17.5 Å². The second kappa shape index (κ2) is 10.7. The summed E-state index contributed by atoms with van der Waals surface area (Å²) < 4.78 is 32.9. The molecule has 1 N–H and O–H groups in total. The lowest BCUT2D eigenvalue weighted by Crippen LogP contribution is -2.31. The van der Waals surface area contributed by atoms with Crippen LogP contribution in [0.5, 0.6) is 0 Å². The van der Waals surface area contributed by atoms with Crippen molar-refractivity contribution in [2.24, 2.45) is 0 Å². The van der Waals surface area contributed by atoms with Crippen LogP contribution in [0.2, 0.25) is 10.0 Å². The maximum absolute atomic E-state index is 14.3. The molecule has 0 radical (unpaired) electrons. The van der Waals surface area contributed by atoms with Crippen LogP contribution in [0.4, 0.5) is 20.2 Å². The largest absolute Gasteiger partial charge is 0.362 e. The Bertz CT molecular complexity index is 1600. The molecule has 11 heteroatoms. The Morgan fingerprint density at radius 2 is 1.90 bits per heavy atom. The Kier molecular flexibility index (Phi) is 7.23. The second-order valence-corrected chi connectivity index (χ2v) is 12.0. The SMILES string of the molecule is CCSc1ccc2c(c1)CCN2CC(=O)Nc1cc(Cl)c(C2(c3noc(-c4ccc(F)cc4F)n3)CC2)c(Cl)c1. The van der Waals surface area contributed by atoms with Crippen LogP contribution in [0.3, 0.4) is 0 Å². The fourth-order valence-corrected chi connectivity index (χ4v) is 6.82. The third-order valence-electron chi connectivity index (χ3n) is 7.26. The zero-order valence-electron chi connectivity index (χ0n) is 21.4. The number of anilines is 2. The summed E-state index contributed by atoms with van der Waals surface area (Å²) in [5.41, 5.74) is 2.75. The Balaban J connectivity index is 1.18. The Labute approximate surface area is 244 Å². The molecule has 1 aromatic heterocycles. The van der Waals surface area contributed by atoms with E-state index in [4.69, 9.17) is 27.7 Å². The number of hydrogen-bond donors (Lipinski definition) is 1. The van der Waals surface area contributed by atoms with Crippen LogP contribution >= 0.6 is 35.0 Å². The van der Waals surface area contributed by atoms with E-state index in [0.717, 1.165) is 36.5 Å². The number of nitrogens with zero attached hydrogens (tertiary/aromatic N) is 3. The lowest BCUT2D eigenvalue weighted by molar-refractivity contribution is -0.115. The summed E-state index contributed by atoms with van der Waals surface area (Å²) in [6.07, 6.45) is 2.23.